The maximum absolute atomic E-state index is 12.1. The minimum atomic E-state index is -0.726. The summed E-state index contributed by atoms with van der Waals surface area (Å²) in [7, 11) is 0. The van der Waals surface area contributed by atoms with Crippen LogP contribution < -0.4 is 10.6 Å². The SMILES string of the molecule is Cc1cccc(C(C)NC(=O)NC2CCC(C(=O)O)CC2)c1. The van der Waals surface area contributed by atoms with Gasteiger partial charge in [-0.3, -0.25) is 4.79 Å². The lowest BCUT2D eigenvalue weighted by Crippen LogP contribution is -2.44. The third-order valence-electron chi connectivity index (χ3n) is 4.30. The number of hydrogen-bond acceptors (Lipinski definition) is 2. The highest BCUT2D eigenvalue weighted by atomic mass is 16.4. The van der Waals surface area contributed by atoms with Crippen molar-refractivity contribution in [2.75, 3.05) is 0 Å². The van der Waals surface area contributed by atoms with Gasteiger partial charge in [0.1, 0.15) is 0 Å². The van der Waals surface area contributed by atoms with Crippen LogP contribution in [0.15, 0.2) is 24.3 Å². The molecule has 0 heterocycles. The predicted octanol–water partition coefficient (Wildman–Crippen LogP) is 3.00. The molecule has 1 unspecified atom stereocenters. The van der Waals surface area contributed by atoms with Gasteiger partial charge in [0.15, 0.2) is 0 Å². The van der Waals surface area contributed by atoms with E-state index in [0.717, 1.165) is 18.4 Å². The highest BCUT2D eigenvalue weighted by Gasteiger charge is 2.26. The van der Waals surface area contributed by atoms with E-state index in [1.165, 1.54) is 5.56 Å². The van der Waals surface area contributed by atoms with Crippen LogP contribution in [-0.4, -0.2) is 23.1 Å². The first-order chi connectivity index (χ1) is 10.5. The first-order valence-corrected chi connectivity index (χ1v) is 7.82. The highest BCUT2D eigenvalue weighted by molar-refractivity contribution is 5.75. The molecule has 0 radical (unpaired) electrons. The lowest BCUT2D eigenvalue weighted by molar-refractivity contribution is -0.142. The number of carbonyl (C=O) groups excluding carboxylic acids is 1. The molecule has 0 bridgehead atoms. The van der Waals surface area contributed by atoms with Gasteiger partial charge in [0.2, 0.25) is 0 Å². The summed E-state index contributed by atoms with van der Waals surface area (Å²) in [6.45, 7) is 3.98. The normalized spacial score (nSPS) is 22.6. The van der Waals surface area contributed by atoms with E-state index in [-0.39, 0.29) is 24.0 Å². The number of carboxylic acid groups (broad SMARTS) is 1. The molecule has 1 aromatic rings. The number of rotatable bonds is 4. The van der Waals surface area contributed by atoms with Crippen molar-refractivity contribution in [1.82, 2.24) is 10.6 Å². The minimum Gasteiger partial charge on any atom is -0.481 e. The quantitative estimate of drug-likeness (QED) is 0.800. The molecule has 1 saturated carbocycles. The smallest absolute Gasteiger partial charge is 0.315 e. The molecular weight excluding hydrogens is 280 g/mol. The predicted molar refractivity (Wildman–Crippen MR) is 84.6 cm³/mol. The van der Waals surface area contributed by atoms with Gasteiger partial charge in [-0.2, -0.15) is 0 Å². The van der Waals surface area contributed by atoms with Gasteiger partial charge in [-0.05, 0) is 45.1 Å². The summed E-state index contributed by atoms with van der Waals surface area (Å²) in [5.41, 5.74) is 2.24. The van der Waals surface area contributed by atoms with E-state index in [1.807, 2.05) is 32.0 Å². The van der Waals surface area contributed by atoms with E-state index in [9.17, 15) is 9.59 Å². The molecule has 1 fully saturated rings. The Bertz CT molecular complexity index is 536. The van der Waals surface area contributed by atoms with Crippen LogP contribution in [0.5, 0.6) is 0 Å². The van der Waals surface area contributed by atoms with Gasteiger partial charge < -0.3 is 15.7 Å². The van der Waals surface area contributed by atoms with E-state index in [2.05, 4.69) is 16.7 Å². The molecule has 0 spiro atoms. The van der Waals surface area contributed by atoms with E-state index >= 15 is 0 Å². The molecule has 1 atom stereocenters. The van der Waals surface area contributed by atoms with E-state index in [0.29, 0.717) is 12.8 Å². The number of carboxylic acids is 1. The lowest BCUT2D eigenvalue weighted by atomic mass is 9.86. The molecule has 1 aliphatic rings. The van der Waals surface area contributed by atoms with Crippen molar-refractivity contribution < 1.29 is 14.7 Å². The molecule has 22 heavy (non-hydrogen) atoms. The Balaban J connectivity index is 1.80. The third-order valence-corrected chi connectivity index (χ3v) is 4.30. The van der Waals surface area contributed by atoms with Crippen LogP contribution in [0.2, 0.25) is 0 Å². The summed E-state index contributed by atoms with van der Waals surface area (Å²) in [5.74, 6) is -0.983. The second-order valence-electron chi connectivity index (χ2n) is 6.14. The lowest BCUT2D eigenvalue weighted by Gasteiger charge is -2.27. The maximum atomic E-state index is 12.1. The molecule has 5 heteroatoms. The number of amides is 2. The summed E-state index contributed by atoms with van der Waals surface area (Å²) >= 11 is 0. The van der Waals surface area contributed by atoms with Gasteiger partial charge >= 0.3 is 12.0 Å². The Morgan fingerprint density at radius 1 is 1.23 bits per heavy atom. The van der Waals surface area contributed by atoms with Crippen LogP contribution in [0.4, 0.5) is 4.79 Å². The Kier molecular flexibility index (Phi) is 5.41. The van der Waals surface area contributed by atoms with Gasteiger partial charge in [0.25, 0.3) is 0 Å². The number of hydrogen-bond donors (Lipinski definition) is 3. The fourth-order valence-electron chi connectivity index (χ4n) is 2.93. The topological polar surface area (TPSA) is 78.4 Å². The van der Waals surface area contributed by atoms with Crippen molar-refractivity contribution in [3.63, 3.8) is 0 Å². The fraction of sp³-hybridized carbons (Fsp3) is 0.529. The first-order valence-electron chi connectivity index (χ1n) is 7.82. The van der Waals surface area contributed by atoms with Crippen molar-refractivity contribution >= 4 is 12.0 Å². The van der Waals surface area contributed by atoms with Gasteiger partial charge in [0, 0.05) is 6.04 Å². The number of aliphatic carboxylic acids is 1. The van der Waals surface area contributed by atoms with Crippen LogP contribution in [0.3, 0.4) is 0 Å². The summed E-state index contributed by atoms with van der Waals surface area (Å²) in [6, 6.07) is 7.88. The van der Waals surface area contributed by atoms with Crippen LogP contribution >= 0.6 is 0 Å². The summed E-state index contributed by atoms with van der Waals surface area (Å²) in [6.07, 6.45) is 2.72. The van der Waals surface area contributed by atoms with E-state index in [1.54, 1.807) is 0 Å². The van der Waals surface area contributed by atoms with Gasteiger partial charge in [-0.25, -0.2) is 4.79 Å². The van der Waals surface area contributed by atoms with Crippen LogP contribution in [0.25, 0.3) is 0 Å². The number of nitrogens with one attached hydrogen (secondary N) is 2. The zero-order valence-corrected chi connectivity index (χ0v) is 13.1. The summed E-state index contributed by atoms with van der Waals surface area (Å²) < 4.78 is 0. The third kappa shape index (κ3) is 4.48. The zero-order valence-electron chi connectivity index (χ0n) is 13.1. The fourth-order valence-corrected chi connectivity index (χ4v) is 2.93. The molecular formula is C17H24N2O3. The Morgan fingerprint density at radius 2 is 1.91 bits per heavy atom. The standard InChI is InChI=1S/C17H24N2O3/c1-11-4-3-5-14(10-11)12(2)18-17(22)19-15-8-6-13(7-9-15)16(20)21/h3-5,10,12-13,15H,6-9H2,1-2H3,(H,20,21)(H2,18,19,22). The Morgan fingerprint density at radius 3 is 2.50 bits per heavy atom. The maximum Gasteiger partial charge on any atom is 0.315 e. The van der Waals surface area contributed by atoms with Crippen molar-refractivity contribution in [1.29, 1.82) is 0 Å². The molecule has 0 aliphatic heterocycles. The number of aryl methyl sites for hydroxylation is 1. The van der Waals surface area contributed by atoms with Crippen LogP contribution in [0.1, 0.15) is 49.8 Å². The van der Waals surface area contributed by atoms with Gasteiger partial charge in [-0.1, -0.05) is 29.8 Å². The van der Waals surface area contributed by atoms with Crippen molar-refractivity contribution in [3.05, 3.63) is 35.4 Å². The van der Waals surface area contributed by atoms with Crippen LogP contribution in [0, 0.1) is 12.8 Å². The molecule has 1 aliphatic carbocycles. The van der Waals surface area contributed by atoms with Gasteiger partial charge in [0.05, 0.1) is 12.0 Å². The monoisotopic (exact) mass is 304 g/mol. The Hall–Kier alpha value is -2.04. The average Bonchev–Trinajstić information content (AvgIpc) is 2.47. The van der Waals surface area contributed by atoms with Gasteiger partial charge in [-0.15, -0.1) is 0 Å². The number of benzene rings is 1. The van der Waals surface area contributed by atoms with Crippen molar-refractivity contribution in [2.45, 2.75) is 51.6 Å². The Labute approximate surface area is 131 Å². The first kappa shape index (κ1) is 16.3. The van der Waals surface area contributed by atoms with Crippen molar-refractivity contribution in [3.8, 4) is 0 Å². The second-order valence-corrected chi connectivity index (χ2v) is 6.14. The molecule has 1 aromatic carbocycles. The molecule has 2 amide bonds. The molecule has 3 N–H and O–H groups in total. The average molecular weight is 304 g/mol. The summed E-state index contributed by atoms with van der Waals surface area (Å²) in [5, 5.41) is 14.9. The molecule has 0 aromatic heterocycles. The molecule has 2 rings (SSSR count). The molecule has 120 valence electrons. The molecule has 5 nitrogen and oxygen atoms in total. The molecule has 0 saturated heterocycles. The second kappa shape index (κ2) is 7.29. The minimum absolute atomic E-state index is 0.0599. The van der Waals surface area contributed by atoms with E-state index in [4.69, 9.17) is 5.11 Å². The number of urea groups is 1. The largest absolute Gasteiger partial charge is 0.481 e. The number of carbonyl (C=O) groups is 2. The van der Waals surface area contributed by atoms with Crippen molar-refractivity contribution in [2.24, 2.45) is 5.92 Å². The highest BCUT2D eigenvalue weighted by Crippen LogP contribution is 2.24. The van der Waals surface area contributed by atoms with E-state index < -0.39 is 5.97 Å². The van der Waals surface area contributed by atoms with Crippen LogP contribution in [-0.2, 0) is 4.79 Å². The zero-order chi connectivity index (χ0) is 16.1. The summed E-state index contributed by atoms with van der Waals surface area (Å²) in [4.78, 5) is 23.0.